The molecular formula is C11H18O5. The lowest BCUT2D eigenvalue weighted by Crippen LogP contribution is -2.37. The van der Waals surface area contributed by atoms with Gasteiger partial charge in [-0.2, -0.15) is 0 Å². The van der Waals surface area contributed by atoms with Crippen molar-refractivity contribution in [3.63, 3.8) is 0 Å². The SMILES string of the molecule is CCC(OC(C)=O)C(=O)C(=O)OC(C)(C)C. The summed E-state index contributed by atoms with van der Waals surface area (Å²) in [6.07, 6.45) is -0.801. The van der Waals surface area contributed by atoms with Gasteiger partial charge in [0.15, 0.2) is 6.10 Å². The smallest absolute Gasteiger partial charge is 0.379 e. The van der Waals surface area contributed by atoms with E-state index >= 15 is 0 Å². The van der Waals surface area contributed by atoms with E-state index in [1.54, 1.807) is 27.7 Å². The van der Waals surface area contributed by atoms with Gasteiger partial charge in [-0.25, -0.2) is 4.79 Å². The molecule has 0 aliphatic rings. The van der Waals surface area contributed by atoms with Crippen molar-refractivity contribution in [1.82, 2.24) is 0 Å². The van der Waals surface area contributed by atoms with Gasteiger partial charge >= 0.3 is 11.9 Å². The molecule has 0 aromatic heterocycles. The van der Waals surface area contributed by atoms with Gasteiger partial charge in [-0.15, -0.1) is 0 Å². The van der Waals surface area contributed by atoms with Crippen molar-refractivity contribution in [3.05, 3.63) is 0 Å². The van der Waals surface area contributed by atoms with Crippen molar-refractivity contribution in [2.45, 2.75) is 52.7 Å². The third kappa shape index (κ3) is 5.48. The molecule has 1 atom stereocenters. The average Bonchev–Trinajstić information content (AvgIpc) is 2.09. The minimum absolute atomic E-state index is 0.248. The Morgan fingerprint density at radius 2 is 1.69 bits per heavy atom. The summed E-state index contributed by atoms with van der Waals surface area (Å²) in [5.41, 5.74) is -0.735. The van der Waals surface area contributed by atoms with Gasteiger partial charge in [0.05, 0.1) is 0 Å². The summed E-state index contributed by atoms with van der Waals surface area (Å²) in [5.74, 6) is -2.39. The Balaban J connectivity index is 4.51. The van der Waals surface area contributed by atoms with Crippen molar-refractivity contribution in [2.24, 2.45) is 0 Å². The Morgan fingerprint density at radius 3 is 2.00 bits per heavy atom. The molecule has 0 heterocycles. The molecule has 0 aromatic rings. The van der Waals surface area contributed by atoms with Gasteiger partial charge in [-0.3, -0.25) is 9.59 Å². The van der Waals surface area contributed by atoms with E-state index < -0.39 is 29.4 Å². The lowest BCUT2D eigenvalue weighted by molar-refractivity contribution is -0.169. The van der Waals surface area contributed by atoms with Crippen molar-refractivity contribution >= 4 is 17.7 Å². The van der Waals surface area contributed by atoms with Crippen LogP contribution < -0.4 is 0 Å². The molecule has 0 spiro atoms. The van der Waals surface area contributed by atoms with Crippen molar-refractivity contribution in [1.29, 1.82) is 0 Å². The van der Waals surface area contributed by atoms with E-state index in [9.17, 15) is 14.4 Å². The molecule has 0 fully saturated rings. The average molecular weight is 230 g/mol. The summed E-state index contributed by atoms with van der Waals surface area (Å²) in [4.78, 5) is 33.6. The number of carbonyl (C=O) groups is 3. The Bertz CT molecular complexity index is 287. The van der Waals surface area contributed by atoms with Crippen LogP contribution >= 0.6 is 0 Å². The van der Waals surface area contributed by atoms with Gasteiger partial charge in [0.1, 0.15) is 5.60 Å². The lowest BCUT2D eigenvalue weighted by atomic mass is 10.1. The molecule has 0 saturated heterocycles. The summed E-state index contributed by atoms with van der Waals surface area (Å²) in [6.45, 7) is 7.81. The van der Waals surface area contributed by atoms with Crippen LogP contribution in [0.5, 0.6) is 0 Å². The van der Waals surface area contributed by atoms with E-state index in [4.69, 9.17) is 9.47 Å². The number of Topliss-reactive ketones (excluding diaryl/α,β-unsaturated/α-hetero) is 1. The highest BCUT2D eigenvalue weighted by molar-refractivity contribution is 6.35. The van der Waals surface area contributed by atoms with Crippen LogP contribution in [0.25, 0.3) is 0 Å². The molecule has 0 saturated carbocycles. The summed E-state index contributed by atoms with van der Waals surface area (Å²) in [5, 5.41) is 0. The summed E-state index contributed by atoms with van der Waals surface area (Å²) in [6, 6.07) is 0. The molecule has 0 amide bonds. The van der Waals surface area contributed by atoms with Crippen molar-refractivity contribution in [2.75, 3.05) is 0 Å². The van der Waals surface area contributed by atoms with E-state index in [-0.39, 0.29) is 6.42 Å². The number of hydrogen-bond acceptors (Lipinski definition) is 5. The molecule has 1 unspecified atom stereocenters. The topological polar surface area (TPSA) is 69.7 Å². The van der Waals surface area contributed by atoms with Gasteiger partial charge in [-0.05, 0) is 27.2 Å². The standard InChI is InChI=1S/C11H18O5/c1-6-8(15-7(2)12)9(13)10(14)16-11(3,4)5/h8H,6H2,1-5H3. The first-order valence-electron chi connectivity index (χ1n) is 5.11. The predicted molar refractivity (Wildman–Crippen MR) is 56.7 cm³/mol. The summed E-state index contributed by atoms with van der Waals surface area (Å²) in [7, 11) is 0. The zero-order valence-corrected chi connectivity index (χ0v) is 10.3. The monoisotopic (exact) mass is 230 g/mol. The molecule has 0 aliphatic carbocycles. The van der Waals surface area contributed by atoms with E-state index in [1.807, 2.05) is 0 Å². The normalized spacial score (nSPS) is 12.8. The van der Waals surface area contributed by atoms with E-state index in [1.165, 1.54) is 6.92 Å². The molecule has 0 N–H and O–H groups in total. The van der Waals surface area contributed by atoms with Crippen LogP contribution in [-0.2, 0) is 23.9 Å². The first kappa shape index (κ1) is 14.6. The number of ketones is 1. The fourth-order valence-corrected chi connectivity index (χ4v) is 0.982. The van der Waals surface area contributed by atoms with Gasteiger partial charge in [0, 0.05) is 6.92 Å². The van der Waals surface area contributed by atoms with Crippen LogP contribution in [-0.4, -0.2) is 29.4 Å². The highest BCUT2D eigenvalue weighted by atomic mass is 16.6. The number of esters is 2. The molecule has 0 rings (SSSR count). The summed E-state index contributed by atoms with van der Waals surface area (Å²) >= 11 is 0. The fourth-order valence-electron chi connectivity index (χ4n) is 0.982. The molecule has 0 aromatic carbocycles. The minimum atomic E-state index is -1.05. The Kier molecular flexibility index (Phi) is 5.14. The van der Waals surface area contributed by atoms with Crippen LogP contribution in [0.3, 0.4) is 0 Å². The lowest BCUT2D eigenvalue weighted by Gasteiger charge is -2.20. The highest BCUT2D eigenvalue weighted by Crippen LogP contribution is 2.10. The maximum atomic E-state index is 11.5. The number of ether oxygens (including phenoxy) is 2. The quantitative estimate of drug-likeness (QED) is 0.536. The third-order valence-electron chi connectivity index (χ3n) is 1.57. The molecule has 5 nitrogen and oxygen atoms in total. The van der Waals surface area contributed by atoms with E-state index in [0.29, 0.717) is 0 Å². The molecule has 0 aliphatic heterocycles. The van der Waals surface area contributed by atoms with Crippen LogP contribution in [0, 0.1) is 0 Å². The van der Waals surface area contributed by atoms with Gasteiger partial charge in [0.25, 0.3) is 5.78 Å². The van der Waals surface area contributed by atoms with Gasteiger partial charge in [0.2, 0.25) is 0 Å². The molecule has 16 heavy (non-hydrogen) atoms. The largest absolute Gasteiger partial charge is 0.454 e. The van der Waals surface area contributed by atoms with Crippen LogP contribution in [0.15, 0.2) is 0 Å². The van der Waals surface area contributed by atoms with Gasteiger partial charge in [-0.1, -0.05) is 6.92 Å². The third-order valence-corrected chi connectivity index (χ3v) is 1.57. The summed E-state index contributed by atoms with van der Waals surface area (Å²) < 4.78 is 9.59. The van der Waals surface area contributed by atoms with E-state index in [0.717, 1.165) is 0 Å². The Labute approximate surface area is 95.1 Å². The Morgan fingerprint density at radius 1 is 1.19 bits per heavy atom. The second-order valence-electron chi connectivity index (χ2n) is 4.37. The zero-order chi connectivity index (χ0) is 12.9. The number of rotatable bonds is 4. The second-order valence-corrected chi connectivity index (χ2v) is 4.37. The van der Waals surface area contributed by atoms with Crippen LogP contribution in [0.4, 0.5) is 0 Å². The first-order valence-corrected chi connectivity index (χ1v) is 5.11. The fraction of sp³-hybridized carbons (Fsp3) is 0.727. The van der Waals surface area contributed by atoms with Gasteiger partial charge < -0.3 is 9.47 Å². The van der Waals surface area contributed by atoms with Crippen molar-refractivity contribution < 1.29 is 23.9 Å². The van der Waals surface area contributed by atoms with Crippen molar-refractivity contribution in [3.8, 4) is 0 Å². The maximum absolute atomic E-state index is 11.5. The Hall–Kier alpha value is -1.39. The molecular weight excluding hydrogens is 212 g/mol. The molecule has 0 bridgehead atoms. The minimum Gasteiger partial charge on any atom is -0.454 e. The maximum Gasteiger partial charge on any atom is 0.379 e. The number of hydrogen-bond donors (Lipinski definition) is 0. The predicted octanol–water partition coefficient (Wildman–Crippen LogP) is 1.24. The highest BCUT2D eigenvalue weighted by Gasteiger charge is 2.30. The second kappa shape index (κ2) is 5.63. The van der Waals surface area contributed by atoms with Crippen LogP contribution in [0.1, 0.15) is 41.0 Å². The molecule has 0 radical (unpaired) electrons. The first-order chi connectivity index (χ1) is 7.17. The zero-order valence-electron chi connectivity index (χ0n) is 10.3. The molecule has 92 valence electrons. The number of carbonyl (C=O) groups excluding carboxylic acids is 3. The van der Waals surface area contributed by atoms with Crippen LogP contribution in [0.2, 0.25) is 0 Å². The molecule has 5 heteroatoms. The van der Waals surface area contributed by atoms with E-state index in [2.05, 4.69) is 0 Å².